The monoisotopic (exact) mass is 249 g/mol. The first kappa shape index (κ1) is 12.2. The van der Waals surface area contributed by atoms with Crippen LogP contribution >= 0.6 is 11.6 Å². The van der Waals surface area contributed by atoms with E-state index < -0.39 is 0 Å². The molecule has 1 aromatic carbocycles. The Morgan fingerprint density at radius 3 is 2.71 bits per heavy atom. The predicted octanol–water partition coefficient (Wildman–Crippen LogP) is 3.83. The quantitative estimate of drug-likeness (QED) is 0.871. The number of halogens is 1. The second kappa shape index (κ2) is 5.89. The Hall–Kier alpha value is -1.25. The van der Waals surface area contributed by atoms with E-state index in [1.54, 1.807) is 6.26 Å². The summed E-state index contributed by atoms with van der Waals surface area (Å²) >= 11 is 6.19. The molecule has 0 aliphatic heterocycles. The van der Waals surface area contributed by atoms with E-state index >= 15 is 0 Å². The molecule has 1 heterocycles. The highest BCUT2D eigenvalue weighted by molar-refractivity contribution is 6.31. The van der Waals surface area contributed by atoms with Crippen LogP contribution in [0.4, 0.5) is 0 Å². The SMILES string of the molecule is CNC(CCc1ccco1)c1ccccc1Cl. The molecule has 0 saturated heterocycles. The number of furan rings is 1. The number of hydrogen-bond donors (Lipinski definition) is 1. The van der Waals surface area contributed by atoms with Gasteiger partial charge >= 0.3 is 0 Å². The predicted molar refractivity (Wildman–Crippen MR) is 70.3 cm³/mol. The van der Waals surface area contributed by atoms with Gasteiger partial charge in [-0.25, -0.2) is 0 Å². The van der Waals surface area contributed by atoms with Gasteiger partial charge in [-0.1, -0.05) is 29.8 Å². The van der Waals surface area contributed by atoms with Crippen molar-refractivity contribution in [2.24, 2.45) is 0 Å². The number of nitrogens with one attached hydrogen (secondary N) is 1. The van der Waals surface area contributed by atoms with Crippen molar-refractivity contribution in [3.8, 4) is 0 Å². The Bertz CT molecular complexity index is 453. The minimum Gasteiger partial charge on any atom is -0.469 e. The third-order valence-electron chi connectivity index (χ3n) is 2.89. The van der Waals surface area contributed by atoms with Gasteiger partial charge in [0.1, 0.15) is 5.76 Å². The fourth-order valence-electron chi connectivity index (χ4n) is 1.95. The first-order chi connectivity index (χ1) is 8.31. The first-order valence-corrected chi connectivity index (χ1v) is 6.13. The fourth-order valence-corrected chi connectivity index (χ4v) is 2.22. The molecular formula is C14H16ClNO. The van der Waals surface area contributed by atoms with Crippen LogP contribution in [0.25, 0.3) is 0 Å². The van der Waals surface area contributed by atoms with E-state index in [2.05, 4.69) is 11.4 Å². The van der Waals surface area contributed by atoms with E-state index in [9.17, 15) is 0 Å². The molecule has 0 radical (unpaired) electrons. The van der Waals surface area contributed by atoms with E-state index in [1.807, 2.05) is 37.4 Å². The van der Waals surface area contributed by atoms with Crippen LogP contribution in [0.15, 0.2) is 47.1 Å². The van der Waals surface area contributed by atoms with Gasteiger partial charge in [0.05, 0.1) is 6.26 Å². The van der Waals surface area contributed by atoms with Crippen molar-refractivity contribution in [2.75, 3.05) is 7.05 Å². The lowest BCUT2D eigenvalue weighted by molar-refractivity contribution is 0.469. The van der Waals surface area contributed by atoms with Crippen LogP contribution in [-0.4, -0.2) is 7.05 Å². The zero-order valence-corrected chi connectivity index (χ0v) is 10.6. The van der Waals surface area contributed by atoms with Gasteiger partial charge in [-0.2, -0.15) is 0 Å². The molecule has 1 aromatic heterocycles. The topological polar surface area (TPSA) is 25.2 Å². The highest BCUT2D eigenvalue weighted by Crippen LogP contribution is 2.25. The average molecular weight is 250 g/mol. The highest BCUT2D eigenvalue weighted by Gasteiger charge is 2.12. The highest BCUT2D eigenvalue weighted by atomic mass is 35.5. The van der Waals surface area contributed by atoms with Crippen LogP contribution in [0.3, 0.4) is 0 Å². The van der Waals surface area contributed by atoms with Gasteiger partial charge in [-0.15, -0.1) is 0 Å². The Kier molecular flexibility index (Phi) is 4.24. The number of rotatable bonds is 5. The lowest BCUT2D eigenvalue weighted by atomic mass is 10.0. The maximum absolute atomic E-state index is 6.19. The second-order valence-electron chi connectivity index (χ2n) is 3.98. The molecule has 2 aromatic rings. The Morgan fingerprint density at radius 1 is 1.24 bits per heavy atom. The molecule has 90 valence electrons. The second-order valence-corrected chi connectivity index (χ2v) is 4.39. The molecular weight excluding hydrogens is 234 g/mol. The van der Waals surface area contributed by atoms with Crippen molar-refractivity contribution in [2.45, 2.75) is 18.9 Å². The van der Waals surface area contributed by atoms with E-state index in [0.717, 1.165) is 29.2 Å². The average Bonchev–Trinajstić information content (AvgIpc) is 2.85. The van der Waals surface area contributed by atoms with Crippen molar-refractivity contribution >= 4 is 11.6 Å². The summed E-state index contributed by atoms with van der Waals surface area (Å²) in [6.45, 7) is 0. The molecule has 0 spiro atoms. The minimum atomic E-state index is 0.258. The Labute approximate surface area is 107 Å². The molecule has 17 heavy (non-hydrogen) atoms. The largest absolute Gasteiger partial charge is 0.469 e. The van der Waals surface area contributed by atoms with Crippen LogP contribution in [0.5, 0.6) is 0 Å². The van der Waals surface area contributed by atoms with Gasteiger partial charge in [0.2, 0.25) is 0 Å². The van der Waals surface area contributed by atoms with Crippen molar-refractivity contribution in [3.63, 3.8) is 0 Å². The van der Waals surface area contributed by atoms with Crippen LogP contribution in [0.1, 0.15) is 23.8 Å². The molecule has 1 N–H and O–H groups in total. The molecule has 0 aliphatic carbocycles. The summed E-state index contributed by atoms with van der Waals surface area (Å²) in [6.07, 6.45) is 3.58. The maximum atomic E-state index is 6.19. The minimum absolute atomic E-state index is 0.258. The van der Waals surface area contributed by atoms with E-state index in [4.69, 9.17) is 16.0 Å². The van der Waals surface area contributed by atoms with Gasteiger partial charge in [0.25, 0.3) is 0 Å². The van der Waals surface area contributed by atoms with Gasteiger partial charge in [0, 0.05) is 17.5 Å². The lowest BCUT2D eigenvalue weighted by Crippen LogP contribution is -2.17. The summed E-state index contributed by atoms with van der Waals surface area (Å²) in [5.74, 6) is 1.01. The summed E-state index contributed by atoms with van der Waals surface area (Å²) in [4.78, 5) is 0. The number of benzene rings is 1. The molecule has 0 saturated carbocycles. The van der Waals surface area contributed by atoms with Gasteiger partial charge in [-0.3, -0.25) is 0 Å². The van der Waals surface area contributed by atoms with E-state index in [0.29, 0.717) is 0 Å². The molecule has 0 aliphatic rings. The van der Waals surface area contributed by atoms with Gasteiger partial charge in [0.15, 0.2) is 0 Å². The lowest BCUT2D eigenvalue weighted by Gasteiger charge is -2.17. The summed E-state index contributed by atoms with van der Waals surface area (Å²) in [5.41, 5.74) is 1.14. The van der Waals surface area contributed by atoms with Gasteiger partial charge < -0.3 is 9.73 Å². The summed E-state index contributed by atoms with van der Waals surface area (Å²) in [6, 6.07) is 12.1. The zero-order chi connectivity index (χ0) is 12.1. The van der Waals surface area contributed by atoms with Crippen molar-refractivity contribution in [3.05, 3.63) is 59.0 Å². The fraction of sp³-hybridized carbons (Fsp3) is 0.286. The van der Waals surface area contributed by atoms with E-state index in [-0.39, 0.29) is 6.04 Å². The van der Waals surface area contributed by atoms with Crippen molar-refractivity contribution in [1.29, 1.82) is 0 Å². The molecule has 1 atom stereocenters. The molecule has 2 rings (SSSR count). The summed E-state index contributed by atoms with van der Waals surface area (Å²) in [7, 11) is 1.95. The molecule has 0 amide bonds. The normalized spacial score (nSPS) is 12.6. The Balaban J connectivity index is 2.04. The summed E-state index contributed by atoms with van der Waals surface area (Å²) < 4.78 is 5.33. The number of aryl methyl sites for hydroxylation is 1. The number of hydrogen-bond acceptors (Lipinski definition) is 2. The molecule has 0 fully saturated rings. The smallest absolute Gasteiger partial charge is 0.103 e. The molecule has 2 nitrogen and oxygen atoms in total. The molecule has 3 heteroatoms. The Morgan fingerprint density at radius 2 is 2.06 bits per heavy atom. The molecule has 1 unspecified atom stereocenters. The third-order valence-corrected chi connectivity index (χ3v) is 3.23. The molecule has 0 bridgehead atoms. The maximum Gasteiger partial charge on any atom is 0.103 e. The van der Waals surface area contributed by atoms with Crippen LogP contribution < -0.4 is 5.32 Å². The van der Waals surface area contributed by atoms with Crippen molar-refractivity contribution < 1.29 is 4.42 Å². The van der Waals surface area contributed by atoms with Crippen LogP contribution in [0.2, 0.25) is 5.02 Å². The van der Waals surface area contributed by atoms with Crippen LogP contribution in [-0.2, 0) is 6.42 Å². The first-order valence-electron chi connectivity index (χ1n) is 5.75. The third kappa shape index (κ3) is 3.11. The van der Waals surface area contributed by atoms with E-state index in [1.165, 1.54) is 0 Å². The van der Waals surface area contributed by atoms with Crippen molar-refractivity contribution in [1.82, 2.24) is 5.32 Å². The summed E-state index contributed by atoms with van der Waals surface area (Å²) in [5, 5.41) is 4.11. The van der Waals surface area contributed by atoms with Gasteiger partial charge in [-0.05, 0) is 37.2 Å². The zero-order valence-electron chi connectivity index (χ0n) is 9.82. The standard InChI is InChI=1S/C14H16ClNO/c1-16-14(9-8-11-5-4-10-17-11)12-6-2-3-7-13(12)15/h2-7,10,14,16H,8-9H2,1H3. The van der Waals surface area contributed by atoms with Crippen LogP contribution in [0, 0.1) is 0 Å².